The van der Waals surface area contributed by atoms with Crippen molar-refractivity contribution in [3.05, 3.63) is 41.8 Å². The summed E-state index contributed by atoms with van der Waals surface area (Å²) < 4.78 is 32.7. The molecule has 0 aliphatic carbocycles. The average molecular weight is 338 g/mol. The molecule has 0 bridgehead atoms. The van der Waals surface area contributed by atoms with Gasteiger partial charge in [0.15, 0.2) is 16.4 Å². The van der Waals surface area contributed by atoms with Crippen molar-refractivity contribution in [1.82, 2.24) is 5.16 Å². The Bertz CT molecular complexity index is 840. The molecule has 0 saturated carbocycles. The zero-order valence-corrected chi connectivity index (χ0v) is 13.2. The third-order valence-corrected chi connectivity index (χ3v) is 3.88. The number of hydrogen-bond acceptors (Lipinski definition) is 7. The van der Waals surface area contributed by atoms with E-state index in [1.54, 1.807) is 13.0 Å². The number of rotatable bonds is 5. The molecule has 122 valence electrons. The predicted octanol–water partition coefficient (Wildman–Crippen LogP) is 1.18. The van der Waals surface area contributed by atoms with Gasteiger partial charge >= 0.3 is 5.97 Å². The quantitative estimate of drug-likeness (QED) is 0.814. The van der Waals surface area contributed by atoms with Crippen molar-refractivity contribution < 1.29 is 27.3 Å². The molecule has 0 spiro atoms. The molecule has 2 rings (SSSR count). The van der Waals surface area contributed by atoms with Crippen molar-refractivity contribution in [3.8, 4) is 0 Å². The van der Waals surface area contributed by atoms with E-state index in [1.807, 2.05) is 0 Å². The van der Waals surface area contributed by atoms with E-state index >= 15 is 0 Å². The summed E-state index contributed by atoms with van der Waals surface area (Å²) in [5.74, 6) is -1.63. The van der Waals surface area contributed by atoms with Gasteiger partial charge in [0.25, 0.3) is 5.91 Å². The largest absolute Gasteiger partial charge is 0.450 e. The van der Waals surface area contributed by atoms with Crippen LogP contribution in [0, 0.1) is 6.92 Å². The monoisotopic (exact) mass is 338 g/mol. The van der Waals surface area contributed by atoms with Crippen molar-refractivity contribution in [2.75, 3.05) is 18.2 Å². The SMILES string of the molecule is Cc1cc(C(=O)OCC(=O)Nc2ccccc2S(C)(=O)=O)on1. The van der Waals surface area contributed by atoms with E-state index in [-0.39, 0.29) is 16.3 Å². The van der Waals surface area contributed by atoms with Crippen LogP contribution in [-0.2, 0) is 19.4 Å². The highest BCUT2D eigenvalue weighted by atomic mass is 32.2. The number of nitrogens with zero attached hydrogens (tertiary/aromatic N) is 1. The highest BCUT2D eigenvalue weighted by Crippen LogP contribution is 2.20. The second kappa shape index (κ2) is 6.61. The van der Waals surface area contributed by atoms with Gasteiger partial charge in [-0.3, -0.25) is 4.79 Å². The first-order valence-electron chi connectivity index (χ1n) is 6.47. The molecule has 0 saturated heterocycles. The smallest absolute Gasteiger partial charge is 0.377 e. The molecule has 0 aliphatic heterocycles. The number of benzene rings is 1. The molecule has 1 heterocycles. The van der Waals surface area contributed by atoms with Crippen LogP contribution in [0.4, 0.5) is 5.69 Å². The second-order valence-corrected chi connectivity index (χ2v) is 6.71. The highest BCUT2D eigenvalue weighted by Gasteiger charge is 2.17. The third-order valence-electron chi connectivity index (χ3n) is 2.72. The first-order chi connectivity index (χ1) is 10.8. The van der Waals surface area contributed by atoms with Gasteiger partial charge < -0.3 is 14.6 Å². The van der Waals surface area contributed by atoms with Gasteiger partial charge in [0.05, 0.1) is 16.3 Å². The summed E-state index contributed by atoms with van der Waals surface area (Å²) in [6, 6.07) is 7.30. The summed E-state index contributed by atoms with van der Waals surface area (Å²) in [5, 5.41) is 5.92. The van der Waals surface area contributed by atoms with Gasteiger partial charge in [-0.2, -0.15) is 0 Å². The van der Waals surface area contributed by atoms with Crippen molar-refractivity contribution in [3.63, 3.8) is 0 Å². The molecule has 2 aromatic rings. The standard InChI is InChI=1S/C14H14N2O6S/c1-9-7-11(22-16-9)14(18)21-8-13(17)15-10-5-3-4-6-12(10)23(2,19)20/h3-7H,8H2,1-2H3,(H,15,17). The predicted molar refractivity (Wildman–Crippen MR) is 79.7 cm³/mol. The number of ether oxygens (including phenoxy) is 1. The lowest BCUT2D eigenvalue weighted by Gasteiger charge is -2.09. The number of sulfone groups is 1. The van der Waals surface area contributed by atoms with E-state index in [9.17, 15) is 18.0 Å². The van der Waals surface area contributed by atoms with E-state index in [0.29, 0.717) is 5.69 Å². The first kappa shape index (κ1) is 16.7. The van der Waals surface area contributed by atoms with Gasteiger partial charge in [0, 0.05) is 12.3 Å². The van der Waals surface area contributed by atoms with Gasteiger partial charge in [0.2, 0.25) is 5.76 Å². The van der Waals surface area contributed by atoms with Gasteiger partial charge in [-0.1, -0.05) is 17.3 Å². The minimum absolute atomic E-state index is 0.0227. The van der Waals surface area contributed by atoms with Gasteiger partial charge in [-0.15, -0.1) is 0 Å². The molecule has 0 unspecified atom stereocenters. The summed E-state index contributed by atoms with van der Waals surface area (Å²) in [7, 11) is -3.50. The van der Waals surface area contributed by atoms with Crippen LogP contribution in [0.2, 0.25) is 0 Å². The molecule has 8 nitrogen and oxygen atoms in total. The molecule has 0 fully saturated rings. The van der Waals surface area contributed by atoms with Crippen LogP contribution < -0.4 is 5.32 Å². The summed E-state index contributed by atoms with van der Waals surface area (Å²) >= 11 is 0. The third kappa shape index (κ3) is 4.39. The fourth-order valence-corrected chi connectivity index (χ4v) is 2.59. The highest BCUT2D eigenvalue weighted by molar-refractivity contribution is 7.90. The minimum atomic E-state index is -3.50. The number of hydrogen-bond donors (Lipinski definition) is 1. The Morgan fingerprint density at radius 3 is 2.61 bits per heavy atom. The van der Waals surface area contributed by atoms with Crippen LogP contribution in [0.15, 0.2) is 39.8 Å². The lowest BCUT2D eigenvalue weighted by atomic mass is 10.3. The van der Waals surface area contributed by atoms with E-state index in [1.165, 1.54) is 24.3 Å². The van der Waals surface area contributed by atoms with Crippen LogP contribution >= 0.6 is 0 Å². The first-order valence-corrected chi connectivity index (χ1v) is 8.36. The lowest BCUT2D eigenvalue weighted by Crippen LogP contribution is -2.21. The van der Waals surface area contributed by atoms with Crippen molar-refractivity contribution in [2.24, 2.45) is 0 Å². The van der Waals surface area contributed by atoms with E-state index in [4.69, 9.17) is 9.26 Å². The molecule has 1 amide bonds. The number of carbonyl (C=O) groups excluding carboxylic acids is 2. The number of aryl methyl sites for hydroxylation is 1. The normalized spacial score (nSPS) is 11.0. The minimum Gasteiger partial charge on any atom is -0.450 e. The molecule has 0 aliphatic rings. The maximum atomic E-state index is 11.8. The molecule has 9 heteroatoms. The van der Waals surface area contributed by atoms with Crippen molar-refractivity contribution in [1.29, 1.82) is 0 Å². The molecule has 0 radical (unpaired) electrons. The van der Waals surface area contributed by atoms with Crippen LogP contribution in [-0.4, -0.2) is 38.3 Å². The molecular weight excluding hydrogens is 324 g/mol. The van der Waals surface area contributed by atoms with Gasteiger partial charge in [0.1, 0.15) is 0 Å². The topological polar surface area (TPSA) is 116 Å². The Morgan fingerprint density at radius 2 is 2.00 bits per heavy atom. The number of esters is 1. The van der Waals surface area contributed by atoms with Gasteiger partial charge in [-0.05, 0) is 19.1 Å². The molecule has 1 aromatic heterocycles. The Morgan fingerprint density at radius 1 is 1.30 bits per heavy atom. The average Bonchev–Trinajstić information content (AvgIpc) is 2.91. The Kier molecular flexibility index (Phi) is 4.80. The Hall–Kier alpha value is -2.68. The van der Waals surface area contributed by atoms with E-state index in [0.717, 1.165) is 6.26 Å². The number of carbonyl (C=O) groups is 2. The lowest BCUT2D eigenvalue weighted by molar-refractivity contribution is -0.119. The van der Waals surface area contributed by atoms with Crippen LogP contribution in [0.3, 0.4) is 0 Å². The van der Waals surface area contributed by atoms with Crippen molar-refractivity contribution in [2.45, 2.75) is 11.8 Å². The zero-order valence-electron chi connectivity index (χ0n) is 12.4. The fraction of sp³-hybridized carbons (Fsp3) is 0.214. The zero-order chi connectivity index (χ0) is 17.0. The number of para-hydroxylation sites is 1. The van der Waals surface area contributed by atoms with E-state index < -0.39 is 28.3 Å². The number of nitrogens with one attached hydrogen (secondary N) is 1. The Labute approximate surface area is 132 Å². The number of anilines is 1. The summed E-state index contributed by atoms with van der Waals surface area (Å²) in [6.07, 6.45) is 1.03. The number of amides is 1. The molecule has 1 N–H and O–H groups in total. The summed E-state index contributed by atoms with van der Waals surface area (Å²) in [6.45, 7) is 1.05. The molecule has 1 aromatic carbocycles. The molecule has 23 heavy (non-hydrogen) atoms. The maximum Gasteiger partial charge on any atom is 0.377 e. The van der Waals surface area contributed by atoms with Crippen LogP contribution in [0.25, 0.3) is 0 Å². The summed E-state index contributed by atoms with van der Waals surface area (Å²) in [5.41, 5.74) is 0.620. The van der Waals surface area contributed by atoms with E-state index in [2.05, 4.69) is 10.5 Å². The molecular formula is C14H14N2O6S. The number of aromatic nitrogens is 1. The summed E-state index contributed by atoms with van der Waals surface area (Å²) in [4.78, 5) is 23.4. The van der Waals surface area contributed by atoms with Crippen molar-refractivity contribution >= 4 is 27.4 Å². The fourth-order valence-electron chi connectivity index (χ4n) is 1.74. The van der Waals surface area contributed by atoms with Gasteiger partial charge in [-0.25, -0.2) is 13.2 Å². The second-order valence-electron chi connectivity index (χ2n) is 4.73. The molecule has 0 atom stereocenters. The maximum absolute atomic E-state index is 11.8. The van der Waals surface area contributed by atoms with Crippen LogP contribution in [0.5, 0.6) is 0 Å². The van der Waals surface area contributed by atoms with Crippen LogP contribution in [0.1, 0.15) is 16.2 Å². The Balaban J connectivity index is 2.00.